The molecule has 6 rings (SSSR count). The highest BCUT2D eigenvalue weighted by molar-refractivity contribution is 5.63. The monoisotopic (exact) mass is 483 g/mol. The third-order valence-corrected chi connectivity index (χ3v) is 5.35. The normalized spacial score (nSPS) is 9.76. The van der Waals surface area contributed by atoms with Gasteiger partial charge in [-0.15, -0.1) is 0 Å². The fraction of sp³-hybridized carbons (Fsp3) is 0. The summed E-state index contributed by atoms with van der Waals surface area (Å²) in [4.78, 5) is 12.1. The Morgan fingerprint density at radius 3 is 1.35 bits per heavy atom. The van der Waals surface area contributed by atoms with E-state index in [0.29, 0.717) is 11.3 Å². The lowest BCUT2D eigenvalue weighted by Crippen LogP contribution is -1.85. The standard InChI is InChI=1S/C12H10.C11H8FN.C10H8N2/c1-3-7-11(8-4-1)12-9-5-2-6-10-12;12-10-6-2-1-5-9(10)11-7-3-4-8-13-11;1-3-9(7-11-5-1)10-4-2-6-12-8-10/h1-10H;1-8H;1-8H. The zero-order valence-corrected chi connectivity index (χ0v) is 20.2. The van der Waals surface area contributed by atoms with E-state index in [1.54, 1.807) is 42.9 Å². The van der Waals surface area contributed by atoms with E-state index in [2.05, 4.69) is 63.5 Å². The SMILES string of the molecule is Fc1ccccc1-c1ccccn1.c1ccc(-c2ccccc2)cc1.c1cncc(-c2cccnc2)c1. The average molecular weight is 484 g/mol. The molecule has 3 aromatic carbocycles. The van der Waals surface area contributed by atoms with E-state index >= 15 is 0 Å². The molecule has 4 heteroatoms. The van der Waals surface area contributed by atoms with Crippen LogP contribution >= 0.6 is 0 Å². The minimum absolute atomic E-state index is 0.235. The van der Waals surface area contributed by atoms with Gasteiger partial charge >= 0.3 is 0 Å². The zero-order valence-electron chi connectivity index (χ0n) is 20.2. The molecule has 0 bridgehead atoms. The largest absolute Gasteiger partial charge is 0.264 e. The van der Waals surface area contributed by atoms with Crippen LogP contribution in [0.5, 0.6) is 0 Å². The molecule has 0 fully saturated rings. The van der Waals surface area contributed by atoms with E-state index in [4.69, 9.17) is 0 Å². The maximum atomic E-state index is 13.2. The molecular formula is C33H26FN3. The quantitative estimate of drug-likeness (QED) is 0.254. The Kier molecular flexibility index (Phi) is 9.38. The van der Waals surface area contributed by atoms with Crippen LogP contribution in [0.3, 0.4) is 0 Å². The second-order valence-corrected chi connectivity index (χ2v) is 7.91. The van der Waals surface area contributed by atoms with Crippen molar-refractivity contribution in [3.63, 3.8) is 0 Å². The van der Waals surface area contributed by atoms with Gasteiger partial charge in [-0.1, -0.05) is 91.0 Å². The van der Waals surface area contributed by atoms with Gasteiger partial charge in [0.2, 0.25) is 0 Å². The highest BCUT2D eigenvalue weighted by Gasteiger charge is 2.02. The Balaban J connectivity index is 0.000000130. The summed E-state index contributed by atoms with van der Waals surface area (Å²) < 4.78 is 13.2. The second-order valence-electron chi connectivity index (χ2n) is 7.91. The van der Waals surface area contributed by atoms with E-state index in [1.165, 1.54) is 17.2 Å². The summed E-state index contributed by atoms with van der Waals surface area (Å²) in [7, 11) is 0. The summed E-state index contributed by atoms with van der Waals surface area (Å²) in [5, 5.41) is 0. The number of aromatic nitrogens is 3. The third-order valence-electron chi connectivity index (χ3n) is 5.35. The Bertz CT molecular complexity index is 1300. The van der Waals surface area contributed by atoms with Gasteiger partial charge < -0.3 is 0 Å². The lowest BCUT2D eigenvalue weighted by atomic mass is 10.1. The van der Waals surface area contributed by atoms with Crippen LogP contribution in [0, 0.1) is 5.82 Å². The molecule has 0 aliphatic carbocycles. The van der Waals surface area contributed by atoms with Crippen molar-refractivity contribution in [2.75, 3.05) is 0 Å². The molecule has 6 aromatic rings. The van der Waals surface area contributed by atoms with Gasteiger partial charge in [-0.3, -0.25) is 15.0 Å². The molecule has 0 amide bonds. The molecular weight excluding hydrogens is 457 g/mol. The molecule has 180 valence electrons. The highest BCUT2D eigenvalue weighted by Crippen LogP contribution is 2.19. The maximum Gasteiger partial charge on any atom is 0.132 e. The third kappa shape index (κ3) is 7.77. The lowest BCUT2D eigenvalue weighted by molar-refractivity contribution is 0.631. The van der Waals surface area contributed by atoms with Gasteiger partial charge in [0, 0.05) is 47.7 Å². The van der Waals surface area contributed by atoms with Crippen LogP contribution in [0.4, 0.5) is 4.39 Å². The smallest absolute Gasteiger partial charge is 0.132 e. The van der Waals surface area contributed by atoms with Crippen molar-refractivity contribution in [2.24, 2.45) is 0 Å². The molecule has 0 aliphatic heterocycles. The van der Waals surface area contributed by atoms with Crippen LogP contribution in [0.2, 0.25) is 0 Å². The van der Waals surface area contributed by atoms with Crippen molar-refractivity contribution < 1.29 is 4.39 Å². The topological polar surface area (TPSA) is 38.7 Å². The number of benzene rings is 3. The molecule has 0 N–H and O–H groups in total. The molecule has 3 aromatic heterocycles. The Labute approximate surface area is 217 Å². The summed E-state index contributed by atoms with van der Waals surface area (Å²) in [6.45, 7) is 0. The number of rotatable bonds is 3. The van der Waals surface area contributed by atoms with Gasteiger partial charge in [-0.05, 0) is 47.5 Å². The first-order chi connectivity index (χ1) is 18.3. The van der Waals surface area contributed by atoms with E-state index in [1.807, 2.05) is 60.9 Å². The minimum atomic E-state index is -0.235. The summed E-state index contributed by atoms with van der Waals surface area (Å²) in [5.41, 5.74) is 5.97. The van der Waals surface area contributed by atoms with E-state index < -0.39 is 0 Å². The van der Waals surface area contributed by atoms with E-state index in [-0.39, 0.29) is 5.82 Å². The number of nitrogens with zero attached hydrogens (tertiary/aromatic N) is 3. The van der Waals surface area contributed by atoms with Crippen LogP contribution < -0.4 is 0 Å². The van der Waals surface area contributed by atoms with E-state index in [0.717, 1.165) is 11.1 Å². The number of halogens is 1. The van der Waals surface area contributed by atoms with Gasteiger partial charge in [-0.25, -0.2) is 4.39 Å². The molecule has 0 radical (unpaired) electrons. The van der Waals surface area contributed by atoms with Gasteiger partial charge in [0.25, 0.3) is 0 Å². The molecule has 3 nitrogen and oxygen atoms in total. The van der Waals surface area contributed by atoms with Crippen molar-refractivity contribution in [1.29, 1.82) is 0 Å². The van der Waals surface area contributed by atoms with Crippen LogP contribution in [0.15, 0.2) is 158 Å². The van der Waals surface area contributed by atoms with Crippen molar-refractivity contribution in [1.82, 2.24) is 15.0 Å². The van der Waals surface area contributed by atoms with Crippen LogP contribution in [-0.2, 0) is 0 Å². The van der Waals surface area contributed by atoms with Crippen LogP contribution in [0.25, 0.3) is 33.5 Å². The van der Waals surface area contributed by atoms with Crippen LogP contribution in [-0.4, -0.2) is 15.0 Å². The van der Waals surface area contributed by atoms with Crippen molar-refractivity contribution in [2.45, 2.75) is 0 Å². The highest BCUT2D eigenvalue weighted by atomic mass is 19.1. The molecule has 0 saturated carbocycles. The average Bonchev–Trinajstić information content (AvgIpc) is 3.00. The predicted molar refractivity (Wildman–Crippen MR) is 149 cm³/mol. The molecule has 37 heavy (non-hydrogen) atoms. The Morgan fingerprint density at radius 1 is 0.405 bits per heavy atom. The van der Waals surface area contributed by atoms with Gasteiger partial charge in [-0.2, -0.15) is 0 Å². The lowest BCUT2D eigenvalue weighted by Gasteiger charge is -2.00. The number of hydrogen-bond acceptors (Lipinski definition) is 3. The van der Waals surface area contributed by atoms with Gasteiger partial charge in [0.05, 0.1) is 5.69 Å². The van der Waals surface area contributed by atoms with Crippen molar-refractivity contribution >= 4 is 0 Å². The summed E-state index contributed by atoms with van der Waals surface area (Å²) in [5.74, 6) is -0.235. The van der Waals surface area contributed by atoms with Gasteiger partial charge in [0.1, 0.15) is 5.82 Å². The van der Waals surface area contributed by atoms with Crippen molar-refractivity contribution in [3.8, 4) is 33.5 Å². The summed E-state index contributed by atoms with van der Waals surface area (Å²) in [6.07, 6.45) is 8.84. The minimum Gasteiger partial charge on any atom is -0.264 e. The molecule has 0 atom stereocenters. The first-order valence-corrected chi connectivity index (χ1v) is 11.9. The summed E-state index contributed by atoms with van der Waals surface area (Å²) in [6, 6.07) is 40.7. The second kappa shape index (κ2) is 13.8. The molecule has 0 aliphatic rings. The fourth-order valence-corrected chi connectivity index (χ4v) is 3.52. The Morgan fingerprint density at radius 2 is 0.892 bits per heavy atom. The van der Waals surface area contributed by atoms with E-state index in [9.17, 15) is 4.39 Å². The maximum absolute atomic E-state index is 13.2. The number of pyridine rings is 3. The molecule has 0 spiro atoms. The first kappa shape index (κ1) is 25.1. The molecule has 3 heterocycles. The summed E-state index contributed by atoms with van der Waals surface area (Å²) >= 11 is 0. The fourth-order valence-electron chi connectivity index (χ4n) is 3.52. The number of hydrogen-bond donors (Lipinski definition) is 0. The first-order valence-electron chi connectivity index (χ1n) is 11.9. The van der Waals surface area contributed by atoms with Crippen molar-refractivity contribution in [3.05, 3.63) is 164 Å². The van der Waals surface area contributed by atoms with Crippen LogP contribution in [0.1, 0.15) is 0 Å². The Hall–Kier alpha value is -4.96. The molecule has 0 saturated heterocycles. The predicted octanol–water partition coefficient (Wildman–Crippen LogP) is 8.38. The van der Waals surface area contributed by atoms with Gasteiger partial charge in [0.15, 0.2) is 0 Å². The zero-order chi connectivity index (χ0) is 25.5. The molecule has 0 unspecified atom stereocenters.